The first kappa shape index (κ1) is 18.8. The van der Waals surface area contributed by atoms with Crippen molar-refractivity contribution in [3.05, 3.63) is 41.1 Å². The molecule has 2 saturated carbocycles. The van der Waals surface area contributed by atoms with E-state index in [-0.39, 0.29) is 12.1 Å². The lowest BCUT2D eigenvalue weighted by Gasteiger charge is -2.41. The van der Waals surface area contributed by atoms with E-state index in [9.17, 15) is 9.59 Å². The van der Waals surface area contributed by atoms with E-state index >= 15 is 0 Å². The summed E-state index contributed by atoms with van der Waals surface area (Å²) in [4.78, 5) is 29.3. The first-order chi connectivity index (χ1) is 14.0. The van der Waals surface area contributed by atoms with E-state index in [2.05, 4.69) is 5.32 Å². The number of piperazine rings is 1. The van der Waals surface area contributed by atoms with Crippen molar-refractivity contribution in [2.45, 2.75) is 37.8 Å². The Labute approximate surface area is 176 Å². The van der Waals surface area contributed by atoms with Crippen LogP contribution in [0.25, 0.3) is 5.57 Å². The third-order valence-corrected chi connectivity index (χ3v) is 7.73. The molecule has 3 fully saturated rings. The SMILES string of the molecule is NC(=O)C1C(c2ccccc2)=C(Cl)N2CCN(C(=O)NC3CC4CCC3C4)CC12. The number of rotatable bonds is 3. The second-order valence-electron chi connectivity index (χ2n) is 8.89. The van der Waals surface area contributed by atoms with Crippen molar-refractivity contribution >= 4 is 29.1 Å². The van der Waals surface area contributed by atoms with Crippen LogP contribution in [0, 0.1) is 17.8 Å². The number of amides is 3. The summed E-state index contributed by atoms with van der Waals surface area (Å²) in [5, 5.41) is 3.85. The summed E-state index contributed by atoms with van der Waals surface area (Å²) < 4.78 is 0. The molecule has 5 atom stereocenters. The average molecular weight is 415 g/mol. The zero-order valence-corrected chi connectivity index (χ0v) is 17.1. The van der Waals surface area contributed by atoms with Gasteiger partial charge in [0.25, 0.3) is 0 Å². The summed E-state index contributed by atoms with van der Waals surface area (Å²) in [5.41, 5.74) is 7.50. The van der Waals surface area contributed by atoms with Gasteiger partial charge in [0.2, 0.25) is 5.91 Å². The predicted molar refractivity (Wildman–Crippen MR) is 112 cm³/mol. The number of primary amides is 1. The number of hydrogen-bond acceptors (Lipinski definition) is 3. The number of urea groups is 1. The van der Waals surface area contributed by atoms with Crippen LogP contribution in [0.15, 0.2) is 35.5 Å². The van der Waals surface area contributed by atoms with Crippen LogP contribution < -0.4 is 11.1 Å². The van der Waals surface area contributed by atoms with E-state index in [1.807, 2.05) is 40.1 Å². The lowest BCUT2D eigenvalue weighted by atomic mass is 9.88. The van der Waals surface area contributed by atoms with Crippen LogP contribution in [0.5, 0.6) is 0 Å². The summed E-state index contributed by atoms with van der Waals surface area (Å²) in [6.07, 6.45) is 4.90. The molecule has 0 aromatic heterocycles. The van der Waals surface area contributed by atoms with Crippen molar-refractivity contribution in [1.29, 1.82) is 0 Å². The second kappa shape index (κ2) is 7.24. The van der Waals surface area contributed by atoms with Gasteiger partial charge < -0.3 is 20.9 Å². The van der Waals surface area contributed by atoms with Crippen LogP contribution >= 0.6 is 11.6 Å². The number of benzene rings is 1. The summed E-state index contributed by atoms with van der Waals surface area (Å²) in [5.74, 6) is 0.497. The molecular formula is C22H27ClN4O2. The summed E-state index contributed by atoms with van der Waals surface area (Å²) >= 11 is 6.71. The molecule has 154 valence electrons. The first-order valence-electron chi connectivity index (χ1n) is 10.6. The number of nitrogens with one attached hydrogen (secondary N) is 1. The minimum absolute atomic E-state index is 0.0188. The Morgan fingerprint density at radius 2 is 1.90 bits per heavy atom. The molecule has 5 unspecified atom stereocenters. The molecule has 4 aliphatic rings. The number of carbonyl (C=O) groups excluding carboxylic acids is 2. The highest BCUT2D eigenvalue weighted by atomic mass is 35.5. The van der Waals surface area contributed by atoms with Crippen molar-refractivity contribution in [2.75, 3.05) is 19.6 Å². The highest BCUT2D eigenvalue weighted by Crippen LogP contribution is 2.45. The minimum atomic E-state index is -0.525. The third-order valence-electron chi connectivity index (χ3n) is 7.31. The molecule has 0 radical (unpaired) electrons. The molecule has 0 spiro atoms. The van der Waals surface area contributed by atoms with Crippen LogP contribution in [0.4, 0.5) is 4.79 Å². The molecule has 3 N–H and O–H groups in total. The highest BCUT2D eigenvalue weighted by Gasteiger charge is 2.47. The number of nitrogens with two attached hydrogens (primary N) is 1. The second-order valence-corrected chi connectivity index (χ2v) is 9.25. The quantitative estimate of drug-likeness (QED) is 0.746. The van der Waals surface area contributed by atoms with Gasteiger partial charge in [-0.25, -0.2) is 4.79 Å². The zero-order valence-electron chi connectivity index (χ0n) is 16.4. The van der Waals surface area contributed by atoms with Gasteiger partial charge in [0.1, 0.15) is 5.16 Å². The van der Waals surface area contributed by atoms with Crippen LogP contribution in [-0.4, -0.2) is 53.5 Å². The molecule has 5 rings (SSSR count). The normalized spacial score (nSPS) is 33.2. The van der Waals surface area contributed by atoms with Gasteiger partial charge >= 0.3 is 6.03 Å². The van der Waals surface area contributed by atoms with E-state index < -0.39 is 11.8 Å². The topological polar surface area (TPSA) is 78.7 Å². The molecule has 29 heavy (non-hydrogen) atoms. The smallest absolute Gasteiger partial charge is 0.317 e. The van der Waals surface area contributed by atoms with Crippen LogP contribution in [0.1, 0.15) is 31.2 Å². The van der Waals surface area contributed by atoms with Gasteiger partial charge in [0, 0.05) is 31.2 Å². The molecule has 2 bridgehead atoms. The van der Waals surface area contributed by atoms with E-state index in [0.29, 0.717) is 36.8 Å². The van der Waals surface area contributed by atoms with Crippen LogP contribution in [0.3, 0.4) is 0 Å². The lowest BCUT2D eigenvalue weighted by molar-refractivity contribution is -0.121. The number of carbonyl (C=O) groups is 2. The van der Waals surface area contributed by atoms with Crippen molar-refractivity contribution in [3.8, 4) is 0 Å². The molecule has 2 heterocycles. The number of fused-ring (bicyclic) bond motifs is 3. The van der Waals surface area contributed by atoms with Crippen molar-refractivity contribution in [1.82, 2.24) is 15.1 Å². The molecule has 2 aliphatic heterocycles. The maximum absolute atomic E-state index is 13.0. The van der Waals surface area contributed by atoms with Gasteiger partial charge in [-0.05, 0) is 36.7 Å². The minimum Gasteiger partial charge on any atom is -0.369 e. The molecule has 1 saturated heterocycles. The summed E-state index contributed by atoms with van der Waals surface area (Å²) in [6, 6.07) is 9.76. The van der Waals surface area contributed by atoms with E-state index in [1.54, 1.807) is 0 Å². The van der Waals surface area contributed by atoms with Crippen LogP contribution in [0.2, 0.25) is 0 Å². The monoisotopic (exact) mass is 414 g/mol. The Morgan fingerprint density at radius 3 is 2.55 bits per heavy atom. The standard InChI is InChI=1S/C22H27ClN4O2/c23-20-18(14-4-2-1-3-5-14)19(21(24)28)17-12-26(8-9-27(17)20)22(29)25-16-11-13-6-7-15(16)10-13/h1-5,13,15-17,19H,6-12H2,(H2,24,28)(H,25,29). The van der Waals surface area contributed by atoms with Crippen LogP contribution in [-0.2, 0) is 4.79 Å². The Kier molecular flexibility index (Phi) is 4.69. The fourth-order valence-corrected chi connectivity index (χ4v) is 6.36. The number of nitrogens with zero attached hydrogens (tertiary/aromatic N) is 2. The fourth-order valence-electron chi connectivity index (χ4n) is 5.92. The van der Waals surface area contributed by atoms with Crippen molar-refractivity contribution in [3.63, 3.8) is 0 Å². The molecule has 3 amide bonds. The summed E-state index contributed by atoms with van der Waals surface area (Å²) in [7, 11) is 0. The van der Waals surface area contributed by atoms with Gasteiger partial charge in [0.15, 0.2) is 0 Å². The van der Waals surface area contributed by atoms with E-state index in [0.717, 1.165) is 23.5 Å². The molecule has 2 aliphatic carbocycles. The Hall–Kier alpha value is -2.21. The maximum Gasteiger partial charge on any atom is 0.317 e. The number of hydrogen-bond donors (Lipinski definition) is 2. The van der Waals surface area contributed by atoms with Gasteiger partial charge in [-0.2, -0.15) is 0 Å². The lowest BCUT2D eigenvalue weighted by Crippen LogP contribution is -2.58. The molecule has 1 aromatic carbocycles. The van der Waals surface area contributed by atoms with Crippen molar-refractivity contribution in [2.24, 2.45) is 23.5 Å². The van der Waals surface area contributed by atoms with Gasteiger partial charge in [-0.1, -0.05) is 48.4 Å². The molecular weight excluding hydrogens is 388 g/mol. The first-order valence-corrected chi connectivity index (χ1v) is 11.0. The fraction of sp³-hybridized carbons (Fsp3) is 0.545. The Bertz CT molecular complexity index is 858. The molecule has 1 aromatic rings. The largest absolute Gasteiger partial charge is 0.369 e. The summed E-state index contributed by atoms with van der Waals surface area (Å²) in [6.45, 7) is 1.65. The van der Waals surface area contributed by atoms with Gasteiger partial charge in [-0.15, -0.1) is 0 Å². The molecule has 6 nitrogen and oxygen atoms in total. The molecule has 7 heteroatoms. The van der Waals surface area contributed by atoms with E-state index in [1.165, 1.54) is 19.3 Å². The van der Waals surface area contributed by atoms with Gasteiger partial charge in [0.05, 0.1) is 12.0 Å². The van der Waals surface area contributed by atoms with Crippen molar-refractivity contribution < 1.29 is 9.59 Å². The van der Waals surface area contributed by atoms with E-state index in [4.69, 9.17) is 17.3 Å². The Balaban J connectivity index is 1.33. The number of halogens is 1. The predicted octanol–water partition coefficient (Wildman–Crippen LogP) is 2.59. The highest BCUT2D eigenvalue weighted by molar-refractivity contribution is 6.33. The maximum atomic E-state index is 13.0. The zero-order chi connectivity index (χ0) is 20.1. The average Bonchev–Trinajstić information content (AvgIpc) is 3.41. The Morgan fingerprint density at radius 1 is 1.10 bits per heavy atom. The van der Waals surface area contributed by atoms with Gasteiger partial charge in [-0.3, -0.25) is 4.79 Å². The third kappa shape index (κ3) is 3.18.